The fraction of sp³-hybridized carbons (Fsp3) is 0.125. The molecule has 0 saturated heterocycles. The molecule has 1 aliphatic rings. The first-order valence-electron chi connectivity index (χ1n) is 7.03. The third kappa shape index (κ3) is 3.26. The predicted molar refractivity (Wildman–Crippen MR) is 84.4 cm³/mol. The van der Waals surface area contributed by atoms with Gasteiger partial charge in [0.25, 0.3) is 5.91 Å². The highest BCUT2D eigenvalue weighted by Gasteiger charge is 2.22. The SMILES string of the molecule is CS(=O)(=O)c1ccccc1C(=O)Nc1cc2c(cc1C(=O)[O-])OCO2. The van der Waals surface area contributed by atoms with E-state index in [0.717, 1.165) is 6.26 Å². The second kappa shape index (κ2) is 6.10. The Labute approximate surface area is 142 Å². The molecule has 0 aliphatic carbocycles. The Balaban J connectivity index is 2.02. The number of hydrogen-bond acceptors (Lipinski definition) is 7. The molecule has 0 spiro atoms. The lowest BCUT2D eigenvalue weighted by Crippen LogP contribution is -2.25. The average Bonchev–Trinajstić information content (AvgIpc) is 3.00. The van der Waals surface area contributed by atoms with Crippen LogP contribution in [-0.4, -0.2) is 33.3 Å². The number of fused-ring (bicyclic) bond motifs is 1. The number of carboxylic acid groups (broad SMARTS) is 1. The quantitative estimate of drug-likeness (QED) is 0.837. The predicted octanol–water partition coefficient (Wildman–Crippen LogP) is 0.435. The van der Waals surface area contributed by atoms with Crippen molar-refractivity contribution in [2.45, 2.75) is 4.90 Å². The van der Waals surface area contributed by atoms with E-state index < -0.39 is 21.7 Å². The van der Waals surface area contributed by atoms with Crippen LogP contribution >= 0.6 is 0 Å². The van der Waals surface area contributed by atoms with E-state index in [1.54, 1.807) is 0 Å². The van der Waals surface area contributed by atoms with Crippen LogP contribution in [0.25, 0.3) is 0 Å². The number of ether oxygens (including phenoxy) is 2. The van der Waals surface area contributed by atoms with Gasteiger partial charge in [-0.15, -0.1) is 0 Å². The Morgan fingerprint density at radius 2 is 1.72 bits per heavy atom. The van der Waals surface area contributed by atoms with E-state index in [4.69, 9.17) is 9.47 Å². The number of nitrogens with one attached hydrogen (secondary N) is 1. The van der Waals surface area contributed by atoms with Crippen LogP contribution in [0, 0.1) is 0 Å². The third-order valence-corrected chi connectivity index (χ3v) is 4.67. The minimum absolute atomic E-state index is 0.0733. The maximum Gasteiger partial charge on any atom is 0.257 e. The van der Waals surface area contributed by atoms with Crippen LogP contribution in [0.5, 0.6) is 11.5 Å². The maximum atomic E-state index is 12.5. The number of anilines is 1. The second-order valence-corrected chi connectivity index (χ2v) is 7.25. The lowest BCUT2D eigenvalue weighted by atomic mass is 10.1. The van der Waals surface area contributed by atoms with Gasteiger partial charge in [0.15, 0.2) is 21.3 Å². The van der Waals surface area contributed by atoms with Crippen LogP contribution in [0.2, 0.25) is 0 Å². The van der Waals surface area contributed by atoms with Crippen molar-refractivity contribution in [3.63, 3.8) is 0 Å². The molecule has 0 atom stereocenters. The maximum absolute atomic E-state index is 12.5. The standard InChI is InChI=1S/C16H13NO7S/c1-25(21,22)14-5-3-2-4-9(14)15(18)17-11-7-13-12(23-8-24-13)6-10(11)16(19)20/h2-7H,8H2,1H3,(H,17,18)(H,19,20)/p-1. The number of rotatable bonds is 4. The lowest BCUT2D eigenvalue weighted by Gasteiger charge is -2.14. The van der Waals surface area contributed by atoms with Crippen LogP contribution < -0.4 is 19.9 Å². The summed E-state index contributed by atoms with van der Waals surface area (Å²) in [5.41, 5.74) is -0.501. The van der Waals surface area contributed by atoms with Gasteiger partial charge in [0.1, 0.15) is 0 Å². The summed E-state index contributed by atoms with van der Waals surface area (Å²) in [6.07, 6.45) is 0.978. The monoisotopic (exact) mass is 362 g/mol. The molecule has 1 amide bonds. The van der Waals surface area contributed by atoms with Gasteiger partial charge in [-0.1, -0.05) is 12.1 Å². The zero-order valence-electron chi connectivity index (χ0n) is 12.9. The van der Waals surface area contributed by atoms with E-state index in [2.05, 4.69) is 5.32 Å². The van der Waals surface area contributed by atoms with Crippen molar-refractivity contribution in [3.05, 3.63) is 47.5 Å². The summed E-state index contributed by atoms with van der Waals surface area (Å²) in [6.45, 7) is -0.0733. The van der Waals surface area contributed by atoms with Gasteiger partial charge >= 0.3 is 0 Å². The normalized spacial score (nSPS) is 12.7. The molecule has 0 radical (unpaired) electrons. The van der Waals surface area contributed by atoms with Crippen molar-refractivity contribution in [2.75, 3.05) is 18.4 Å². The summed E-state index contributed by atoms with van der Waals surface area (Å²) in [7, 11) is -3.64. The Kier molecular flexibility index (Phi) is 4.09. The van der Waals surface area contributed by atoms with Crippen molar-refractivity contribution in [2.24, 2.45) is 0 Å². The summed E-state index contributed by atoms with van der Waals surface area (Å²) in [6, 6.07) is 8.08. The van der Waals surface area contributed by atoms with Crippen molar-refractivity contribution < 1.29 is 32.6 Å². The number of amides is 1. The van der Waals surface area contributed by atoms with Gasteiger partial charge in [0.2, 0.25) is 6.79 Å². The van der Waals surface area contributed by atoms with Crippen LogP contribution in [0.3, 0.4) is 0 Å². The molecule has 0 saturated carbocycles. The summed E-state index contributed by atoms with van der Waals surface area (Å²) in [5.74, 6) is -1.82. The number of carbonyl (C=O) groups is 2. The fourth-order valence-electron chi connectivity index (χ4n) is 2.38. The topological polar surface area (TPSA) is 122 Å². The highest BCUT2D eigenvalue weighted by Crippen LogP contribution is 2.37. The number of carboxylic acids is 1. The molecule has 1 heterocycles. The van der Waals surface area contributed by atoms with E-state index in [1.807, 2.05) is 0 Å². The molecule has 2 aromatic rings. The molecule has 9 heteroatoms. The molecule has 25 heavy (non-hydrogen) atoms. The van der Waals surface area contributed by atoms with Crippen LogP contribution in [0.4, 0.5) is 5.69 Å². The minimum Gasteiger partial charge on any atom is -0.545 e. The average molecular weight is 362 g/mol. The molecular formula is C16H12NO7S-. The van der Waals surface area contributed by atoms with Gasteiger partial charge < -0.3 is 24.7 Å². The molecule has 8 nitrogen and oxygen atoms in total. The third-order valence-electron chi connectivity index (χ3n) is 3.51. The molecule has 0 fully saturated rings. The number of aromatic carboxylic acids is 1. The molecule has 0 aromatic heterocycles. The van der Waals surface area contributed by atoms with Crippen molar-refractivity contribution in [1.82, 2.24) is 0 Å². The minimum atomic E-state index is -3.64. The number of hydrogen-bond donors (Lipinski definition) is 1. The molecule has 0 unspecified atom stereocenters. The van der Waals surface area contributed by atoms with Gasteiger partial charge in [-0.05, 0) is 18.2 Å². The van der Waals surface area contributed by atoms with Gasteiger partial charge in [0.05, 0.1) is 22.1 Å². The molecule has 130 valence electrons. The Morgan fingerprint density at radius 3 is 2.36 bits per heavy atom. The smallest absolute Gasteiger partial charge is 0.257 e. The zero-order chi connectivity index (χ0) is 18.2. The number of carbonyl (C=O) groups excluding carboxylic acids is 2. The van der Waals surface area contributed by atoms with Crippen molar-refractivity contribution in [1.29, 1.82) is 0 Å². The first-order valence-corrected chi connectivity index (χ1v) is 8.92. The fourth-order valence-corrected chi connectivity index (χ4v) is 3.27. The molecule has 2 aromatic carbocycles. The zero-order valence-corrected chi connectivity index (χ0v) is 13.8. The van der Waals surface area contributed by atoms with Gasteiger partial charge in [-0.25, -0.2) is 8.42 Å². The molecule has 0 bridgehead atoms. The van der Waals surface area contributed by atoms with Gasteiger partial charge in [0, 0.05) is 17.9 Å². The summed E-state index contributed by atoms with van der Waals surface area (Å²) >= 11 is 0. The highest BCUT2D eigenvalue weighted by atomic mass is 32.2. The largest absolute Gasteiger partial charge is 0.545 e. The Bertz CT molecular complexity index is 982. The Morgan fingerprint density at radius 1 is 1.08 bits per heavy atom. The number of benzene rings is 2. The Hall–Kier alpha value is -3.07. The molecule has 3 rings (SSSR count). The van der Waals surface area contributed by atoms with Gasteiger partial charge in [-0.3, -0.25) is 4.79 Å². The molecular weight excluding hydrogens is 350 g/mol. The van der Waals surface area contributed by atoms with E-state index in [-0.39, 0.29) is 40.0 Å². The van der Waals surface area contributed by atoms with E-state index >= 15 is 0 Å². The van der Waals surface area contributed by atoms with Crippen molar-refractivity contribution in [3.8, 4) is 11.5 Å². The first kappa shape index (κ1) is 16.8. The summed E-state index contributed by atoms with van der Waals surface area (Å²) in [4.78, 5) is 23.6. The molecule has 1 aliphatic heterocycles. The lowest BCUT2D eigenvalue weighted by molar-refractivity contribution is -0.254. The second-order valence-electron chi connectivity index (χ2n) is 5.26. The summed E-state index contributed by atoms with van der Waals surface area (Å²) < 4.78 is 33.9. The highest BCUT2D eigenvalue weighted by molar-refractivity contribution is 7.90. The van der Waals surface area contributed by atoms with Gasteiger partial charge in [-0.2, -0.15) is 0 Å². The van der Waals surface area contributed by atoms with Crippen LogP contribution in [0.1, 0.15) is 20.7 Å². The number of sulfone groups is 1. The van der Waals surface area contributed by atoms with E-state index in [9.17, 15) is 23.1 Å². The van der Waals surface area contributed by atoms with Crippen LogP contribution in [-0.2, 0) is 9.84 Å². The van der Waals surface area contributed by atoms with Crippen molar-refractivity contribution >= 4 is 27.4 Å². The molecule has 1 N–H and O–H groups in total. The van der Waals surface area contributed by atoms with Crippen LogP contribution in [0.15, 0.2) is 41.3 Å². The van der Waals surface area contributed by atoms with E-state index in [0.29, 0.717) is 0 Å². The van der Waals surface area contributed by atoms with E-state index in [1.165, 1.54) is 36.4 Å². The first-order chi connectivity index (χ1) is 11.8. The summed E-state index contributed by atoms with van der Waals surface area (Å²) in [5, 5.41) is 13.7.